The Kier molecular flexibility index (Phi) is 3.87. The molecule has 0 spiro atoms. The molecule has 0 aromatic heterocycles. The normalized spacial score (nSPS) is 24.8. The SMILES string of the molecule is CC1CCC(C)N(c2ccc(C=O)c(Br)c2)C1. The van der Waals surface area contributed by atoms with Gasteiger partial charge in [0.1, 0.15) is 0 Å². The molecule has 0 saturated carbocycles. The smallest absolute Gasteiger partial charge is 0.151 e. The van der Waals surface area contributed by atoms with Gasteiger partial charge in [0.15, 0.2) is 6.29 Å². The van der Waals surface area contributed by atoms with E-state index in [-0.39, 0.29) is 0 Å². The van der Waals surface area contributed by atoms with Gasteiger partial charge in [0.2, 0.25) is 0 Å². The highest BCUT2D eigenvalue weighted by Gasteiger charge is 2.23. The first-order valence-electron chi connectivity index (χ1n) is 6.13. The van der Waals surface area contributed by atoms with Gasteiger partial charge in [0.05, 0.1) is 0 Å². The fourth-order valence-corrected chi connectivity index (χ4v) is 2.90. The molecule has 92 valence electrons. The lowest BCUT2D eigenvalue weighted by atomic mass is 9.94. The fourth-order valence-electron chi connectivity index (χ4n) is 2.44. The molecule has 1 aromatic rings. The largest absolute Gasteiger partial charge is 0.369 e. The number of hydrogen-bond donors (Lipinski definition) is 0. The summed E-state index contributed by atoms with van der Waals surface area (Å²) in [5.41, 5.74) is 1.92. The zero-order valence-electron chi connectivity index (χ0n) is 10.3. The van der Waals surface area contributed by atoms with Crippen LogP contribution in [0.4, 0.5) is 5.69 Å². The first kappa shape index (κ1) is 12.6. The molecule has 2 nitrogen and oxygen atoms in total. The number of halogens is 1. The highest BCUT2D eigenvalue weighted by Crippen LogP contribution is 2.30. The maximum absolute atomic E-state index is 10.8. The van der Waals surface area contributed by atoms with Gasteiger partial charge in [0, 0.05) is 28.3 Å². The first-order valence-corrected chi connectivity index (χ1v) is 6.92. The number of hydrogen-bond acceptors (Lipinski definition) is 2. The van der Waals surface area contributed by atoms with Crippen molar-refractivity contribution in [2.24, 2.45) is 5.92 Å². The van der Waals surface area contributed by atoms with Crippen LogP contribution >= 0.6 is 15.9 Å². The second-order valence-electron chi connectivity index (χ2n) is 5.01. The molecule has 3 heteroatoms. The average molecular weight is 296 g/mol. The predicted molar refractivity (Wildman–Crippen MR) is 74.7 cm³/mol. The summed E-state index contributed by atoms with van der Waals surface area (Å²) >= 11 is 3.45. The summed E-state index contributed by atoms with van der Waals surface area (Å²) in [6.45, 7) is 5.68. The molecular formula is C14H18BrNO. The van der Waals surface area contributed by atoms with E-state index in [2.05, 4.69) is 40.7 Å². The minimum Gasteiger partial charge on any atom is -0.369 e. The third kappa shape index (κ3) is 2.71. The van der Waals surface area contributed by atoms with Crippen LogP contribution in [0.3, 0.4) is 0 Å². The third-order valence-corrected chi connectivity index (χ3v) is 4.25. The van der Waals surface area contributed by atoms with Crippen molar-refractivity contribution >= 4 is 27.9 Å². The number of rotatable bonds is 2. The lowest BCUT2D eigenvalue weighted by molar-refractivity contribution is 0.112. The summed E-state index contributed by atoms with van der Waals surface area (Å²) in [6, 6.07) is 6.57. The second kappa shape index (κ2) is 5.21. The lowest BCUT2D eigenvalue weighted by Gasteiger charge is -2.38. The van der Waals surface area contributed by atoms with Gasteiger partial charge in [0.25, 0.3) is 0 Å². The fraction of sp³-hybridized carbons (Fsp3) is 0.500. The van der Waals surface area contributed by atoms with Crippen molar-refractivity contribution in [1.29, 1.82) is 0 Å². The summed E-state index contributed by atoms with van der Waals surface area (Å²) in [4.78, 5) is 13.2. The second-order valence-corrected chi connectivity index (χ2v) is 5.86. The molecule has 0 N–H and O–H groups in total. The summed E-state index contributed by atoms with van der Waals surface area (Å²) in [6.07, 6.45) is 3.44. The maximum atomic E-state index is 10.8. The van der Waals surface area contributed by atoms with Crippen LogP contribution in [0.15, 0.2) is 22.7 Å². The Morgan fingerprint density at radius 3 is 2.76 bits per heavy atom. The molecule has 1 fully saturated rings. The van der Waals surface area contributed by atoms with Crippen LogP contribution in [0, 0.1) is 5.92 Å². The van der Waals surface area contributed by atoms with Gasteiger partial charge < -0.3 is 4.90 Å². The lowest BCUT2D eigenvalue weighted by Crippen LogP contribution is -2.41. The molecule has 2 atom stereocenters. The molecule has 2 unspecified atom stereocenters. The number of nitrogens with zero attached hydrogens (tertiary/aromatic N) is 1. The number of carbonyl (C=O) groups is 1. The number of anilines is 1. The van der Waals surface area contributed by atoms with Crippen LogP contribution in [-0.4, -0.2) is 18.9 Å². The zero-order valence-corrected chi connectivity index (χ0v) is 11.9. The standard InChI is InChI=1S/C14H18BrNO/c1-10-3-4-11(2)16(8-10)13-6-5-12(9-17)14(15)7-13/h5-7,9-11H,3-4,8H2,1-2H3. The molecule has 1 saturated heterocycles. The summed E-state index contributed by atoms with van der Waals surface area (Å²) in [7, 11) is 0. The van der Waals surface area contributed by atoms with Crippen LogP contribution in [0.1, 0.15) is 37.0 Å². The molecule has 1 aromatic carbocycles. The van der Waals surface area contributed by atoms with E-state index in [0.29, 0.717) is 11.6 Å². The van der Waals surface area contributed by atoms with E-state index in [1.165, 1.54) is 18.5 Å². The summed E-state index contributed by atoms with van der Waals surface area (Å²) in [5.74, 6) is 0.746. The van der Waals surface area contributed by atoms with Crippen molar-refractivity contribution in [2.45, 2.75) is 32.7 Å². The molecule has 1 aliphatic heterocycles. The number of piperidine rings is 1. The molecule has 17 heavy (non-hydrogen) atoms. The van der Waals surface area contributed by atoms with Crippen molar-refractivity contribution in [3.8, 4) is 0 Å². The van der Waals surface area contributed by atoms with Gasteiger partial charge in [-0.1, -0.05) is 6.92 Å². The van der Waals surface area contributed by atoms with Crippen LogP contribution in [-0.2, 0) is 0 Å². The van der Waals surface area contributed by atoms with Crippen LogP contribution < -0.4 is 4.90 Å². The maximum Gasteiger partial charge on any atom is 0.151 e. The van der Waals surface area contributed by atoms with E-state index in [9.17, 15) is 4.79 Å². The van der Waals surface area contributed by atoms with E-state index in [1.807, 2.05) is 12.1 Å². The Hall–Kier alpha value is -0.830. The Morgan fingerprint density at radius 2 is 2.12 bits per heavy atom. The van der Waals surface area contributed by atoms with E-state index in [4.69, 9.17) is 0 Å². The number of benzene rings is 1. The molecule has 1 aliphatic rings. The van der Waals surface area contributed by atoms with Gasteiger partial charge in [-0.25, -0.2) is 0 Å². The minimum absolute atomic E-state index is 0.584. The van der Waals surface area contributed by atoms with Gasteiger partial charge in [-0.15, -0.1) is 0 Å². The van der Waals surface area contributed by atoms with Gasteiger partial charge in [-0.2, -0.15) is 0 Å². The van der Waals surface area contributed by atoms with Crippen molar-refractivity contribution in [3.63, 3.8) is 0 Å². The van der Waals surface area contributed by atoms with Crippen molar-refractivity contribution in [1.82, 2.24) is 0 Å². The molecule has 0 amide bonds. The van der Waals surface area contributed by atoms with Crippen molar-refractivity contribution in [3.05, 3.63) is 28.2 Å². The molecular weight excluding hydrogens is 278 g/mol. The van der Waals surface area contributed by atoms with Crippen molar-refractivity contribution in [2.75, 3.05) is 11.4 Å². The third-order valence-electron chi connectivity index (χ3n) is 3.56. The van der Waals surface area contributed by atoms with Crippen LogP contribution in [0.5, 0.6) is 0 Å². The Morgan fingerprint density at radius 1 is 1.35 bits per heavy atom. The monoisotopic (exact) mass is 295 g/mol. The molecule has 0 radical (unpaired) electrons. The first-order chi connectivity index (χ1) is 8.11. The summed E-state index contributed by atoms with van der Waals surface area (Å²) < 4.78 is 0.885. The molecule has 0 bridgehead atoms. The van der Waals surface area contributed by atoms with E-state index < -0.39 is 0 Å². The minimum atomic E-state index is 0.584. The Balaban J connectivity index is 2.26. The Labute approximate surface area is 111 Å². The average Bonchev–Trinajstić information content (AvgIpc) is 2.32. The molecule has 0 aliphatic carbocycles. The van der Waals surface area contributed by atoms with Gasteiger partial charge in [-0.3, -0.25) is 4.79 Å². The predicted octanol–water partition coefficient (Wildman–Crippen LogP) is 3.89. The number of aldehydes is 1. The zero-order chi connectivity index (χ0) is 12.4. The summed E-state index contributed by atoms with van der Waals surface area (Å²) in [5, 5.41) is 0. The molecule has 2 rings (SSSR count). The van der Waals surface area contributed by atoms with Gasteiger partial charge in [-0.05, 0) is 59.8 Å². The Bertz CT molecular complexity index is 419. The number of carbonyl (C=O) groups excluding carboxylic acids is 1. The highest BCUT2D eigenvalue weighted by molar-refractivity contribution is 9.10. The van der Waals surface area contributed by atoms with Gasteiger partial charge >= 0.3 is 0 Å². The van der Waals surface area contributed by atoms with E-state index in [1.54, 1.807) is 0 Å². The topological polar surface area (TPSA) is 20.3 Å². The van der Waals surface area contributed by atoms with Crippen LogP contribution in [0.25, 0.3) is 0 Å². The van der Waals surface area contributed by atoms with E-state index in [0.717, 1.165) is 23.2 Å². The highest BCUT2D eigenvalue weighted by atomic mass is 79.9. The molecule has 1 heterocycles. The van der Waals surface area contributed by atoms with E-state index >= 15 is 0 Å². The quantitative estimate of drug-likeness (QED) is 0.772. The van der Waals surface area contributed by atoms with Crippen LogP contribution in [0.2, 0.25) is 0 Å². The van der Waals surface area contributed by atoms with Crippen molar-refractivity contribution < 1.29 is 4.79 Å².